The van der Waals surface area contributed by atoms with Gasteiger partial charge in [-0.3, -0.25) is 36.0 Å². The number of hydrogen-bond acceptors (Lipinski definition) is 7. The summed E-state index contributed by atoms with van der Waals surface area (Å²) in [6.45, 7) is 1.36. The number of carbonyl (C=O) groups excluding carboxylic acids is 1. The highest BCUT2D eigenvalue weighted by atomic mass is 16.6. The molecular weight excluding hydrogens is 348 g/mol. The van der Waals surface area contributed by atoms with Gasteiger partial charge in [0.15, 0.2) is 0 Å². The van der Waals surface area contributed by atoms with Crippen LogP contribution in [0.3, 0.4) is 0 Å². The number of nitrogens with one attached hydrogen (secondary N) is 3. The molecule has 138 valence electrons. The highest BCUT2D eigenvalue weighted by Gasteiger charge is 2.49. The van der Waals surface area contributed by atoms with Crippen LogP contribution in [-0.4, -0.2) is 34.7 Å². The van der Waals surface area contributed by atoms with Gasteiger partial charge in [-0.15, -0.1) is 0 Å². The summed E-state index contributed by atoms with van der Waals surface area (Å²) in [4.78, 5) is 29.5. The van der Waals surface area contributed by atoms with Crippen LogP contribution in [0.25, 0.3) is 0 Å². The molecule has 0 bridgehead atoms. The molecule has 1 atom stereocenters. The van der Waals surface area contributed by atoms with Gasteiger partial charge < -0.3 is 0 Å². The molecule has 0 radical (unpaired) electrons. The molecule has 27 heavy (non-hydrogen) atoms. The van der Waals surface area contributed by atoms with Crippen LogP contribution >= 0.6 is 0 Å². The summed E-state index contributed by atoms with van der Waals surface area (Å²) in [5.74, 6) is -0.928. The Morgan fingerprint density at radius 2 is 1.85 bits per heavy atom. The number of fused-ring (bicyclic) bond motifs is 1. The number of amides is 1. The van der Waals surface area contributed by atoms with Crippen molar-refractivity contribution in [2.75, 3.05) is 18.5 Å². The lowest BCUT2D eigenvalue weighted by atomic mass is 10.0. The van der Waals surface area contributed by atoms with Crippen LogP contribution in [0.1, 0.15) is 12.0 Å². The Morgan fingerprint density at radius 1 is 1.11 bits per heavy atom. The standard InChI is InChI=1S/C18H18N6O3/c25-17-16(22-21-14-7-9-15(10-8-14)24(26)27)20-18(13-5-2-1-3-6-13)19-11-4-12-23(17)18/h1-3,5-10,19,21H,4,11-12H2,(H,20,22). The number of carbonyl (C=O) groups is 1. The molecule has 0 aromatic heterocycles. The maximum Gasteiger partial charge on any atom is 0.294 e. The predicted molar refractivity (Wildman–Crippen MR) is 99.7 cm³/mol. The van der Waals surface area contributed by atoms with Crippen molar-refractivity contribution in [2.45, 2.75) is 12.2 Å². The van der Waals surface area contributed by atoms with E-state index in [9.17, 15) is 14.9 Å². The monoisotopic (exact) mass is 366 g/mol. The molecule has 0 spiro atoms. The molecule has 9 nitrogen and oxygen atoms in total. The Bertz CT molecular complexity index is 899. The van der Waals surface area contributed by atoms with Gasteiger partial charge in [-0.2, -0.15) is 0 Å². The third kappa shape index (κ3) is 2.97. The zero-order chi connectivity index (χ0) is 18.9. The molecule has 1 unspecified atom stereocenters. The zero-order valence-corrected chi connectivity index (χ0v) is 14.4. The maximum atomic E-state index is 12.8. The summed E-state index contributed by atoms with van der Waals surface area (Å²) in [7, 11) is 0. The third-order valence-corrected chi connectivity index (χ3v) is 4.62. The Balaban J connectivity index is 1.57. The lowest BCUT2D eigenvalue weighted by Crippen LogP contribution is -2.58. The van der Waals surface area contributed by atoms with Crippen molar-refractivity contribution in [2.24, 2.45) is 4.99 Å². The molecule has 1 amide bonds. The van der Waals surface area contributed by atoms with Crippen LogP contribution in [0.15, 0.2) is 59.6 Å². The summed E-state index contributed by atoms with van der Waals surface area (Å²) in [5, 5.41) is 14.1. The smallest absolute Gasteiger partial charge is 0.294 e. The molecule has 0 saturated carbocycles. The fourth-order valence-corrected chi connectivity index (χ4v) is 3.32. The van der Waals surface area contributed by atoms with Crippen molar-refractivity contribution in [3.05, 3.63) is 70.3 Å². The number of aliphatic imine (C=N–C) groups is 1. The van der Waals surface area contributed by atoms with E-state index in [0.717, 1.165) is 18.5 Å². The van der Waals surface area contributed by atoms with Gasteiger partial charge in [0.05, 0.1) is 10.6 Å². The van der Waals surface area contributed by atoms with Gasteiger partial charge in [-0.1, -0.05) is 30.3 Å². The number of rotatable bonds is 4. The SMILES string of the molecule is O=C1C(NNc2ccc([N+](=O)[O-])cc2)=NC2(c3ccccc3)NCCCN12. The second-order valence-electron chi connectivity index (χ2n) is 6.29. The van der Waals surface area contributed by atoms with Crippen molar-refractivity contribution in [1.29, 1.82) is 0 Å². The molecule has 2 aromatic rings. The highest BCUT2D eigenvalue weighted by Crippen LogP contribution is 2.34. The Hall–Kier alpha value is -3.46. The zero-order valence-electron chi connectivity index (χ0n) is 14.4. The average molecular weight is 366 g/mol. The molecule has 9 heteroatoms. The largest absolute Gasteiger partial charge is 0.299 e. The van der Waals surface area contributed by atoms with E-state index in [2.05, 4.69) is 21.2 Å². The molecule has 2 aromatic carbocycles. The lowest BCUT2D eigenvalue weighted by molar-refractivity contribution is -0.384. The first-order chi connectivity index (χ1) is 13.1. The number of nitro groups is 1. The van der Waals surface area contributed by atoms with Crippen LogP contribution in [0.2, 0.25) is 0 Å². The number of hydrogen-bond donors (Lipinski definition) is 3. The van der Waals surface area contributed by atoms with Crippen LogP contribution < -0.4 is 16.2 Å². The Morgan fingerprint density at radius 3 is 2.56 bits per heavy atom. The molecule has 0 aliphatic carbocycles. The fourth-order valence-electron chi connectivity index (χ4n) is 3.32. The van der Waals surface area contributed by atoms with Gasteiger partial charge in [-0.05, 0) is 18.6 Å². The molecule has 4 rings (SSSR count). The number of nitro benzene ring substituents is 1. The first kappa shape index (κ1) is 17.0. The Kier molecular flexibility index (Phi) is 4.21. The molecule has 1 saturated heterocycles. The third-order valence-electron chi connectivity index (χ3n) is 4.62. The number of anilines is 1. The molecule has 2 heterocycles. The predicted octanol–water partition coefficient (Wildman–Crippen LogP) is 1.56. The summed E-state index contributed by atoms with van der Waals surface area (Å²) in [6, 6.07) is 15.5. The van der Waals surface area contributed by atoms with E-state index < -0.39 is 10.7 Å². The van der Waals surface area contributed by atoms with Gasteiger partial charge >= 0.3 is 0 Å². The van der Waals surface area contributed by atoms with E-state index in [-0.39, 0.29) is 17.4 Å². The fraction of sp³-hybridized carbons (Fsp3) is 0.222. The normalized spacial score (nSPS) is 21.4. The Labute approximate surface area is 155 Å². The quantitative estimate of drug-likeness (QED) is 0.559. The second kappa shape index (κ2) is 6.69. The van der Waals surface area contributed by atoms with E-state index in [1.807, 2.05) is 30.3 Å². The van der Waals surface area contributed by atoms with Crippen molar-refractivity contribution in [1.82, 2.24) is 15.6 Å². The minimum atomic E-state index is -0.907. The topological polar surface area (TPSA) is 112 Å². The van der Waals surface area contributed by atoms with E-state index >= 15 is 0 Å². The van der Waals surface area contributed by atoms with E-state index in [4.69, 9.17) is 0 Å². The summed E-state index contributed by atoms with van der Waals surface area (Å²) in [5.41, 5.74) is 7.21. The van der Waals surface area contributed by atoms with Crippen LogP contribution in [0.4, 0.5) is 11.4 Å². The van der Waals surface area contributed by atoms with Crippen molar-refractivity contribution in [3.63, 3.8) is 0 Å². The second-order valence-corrected chi connectivity index (χ2v) is 6.29. The molecule has 3 N–H and O–H groups in total. The molecule has 2 aliphatic heterocycles. The maximum absolute atomic E-state index is 12.8. The average Bonchev–Trinajstić information content (AvgIpc) is 3.01. The van der Waals surface area contributed by atoms with Crippen LogP contribution in [-0.2, 0) is 10.6 Å². The molecule has 1 fully saturated rings. The minimum Gasteiger partial charge on any atom is -0.299 e. The summed E-state index contributed by atoms with van der Waals surface area (Å²) >= 11 is 0. The summed E-state index contributed by atoms with van der Waals surface area (Å²) < 4.78 is 0. The van der Waals surface area contributed by atoms with E-state index in [0.29, 0.717) is 12.2 Å². The highest BCUT2D eigenvalue weighted by molar-refractivity contribution is 6.39. The van der Waals surface area contributed by atoms with E-state index in [1.54, 1.807) is 17.0 Å². The number of benzene rings is 2. The van der Waals surface area contributed by atoms with Gasteiger partial charge in [0.25, 0.3) is 11.6 Å². The minimum absolute atomic E-state index is 0.000746. The molecule has 2 aliphatic rings. The number of nitrogens with zero attached hydrogens (tertiary/aromatic N) is 3. The van der Waals surface area contributed by atoms with Gasteiger partial charge in [0.1, 0.15) is 0 Å². The van der Waals surface area contributed by atoms with Gasteiger partial charge in [-0.25, -0.2) is 4.99 Å². The van der Waals surface area contributed by atoms with E-state index in [1.165, 1.54) is 12.1 Å². The number of hydrazine groups is 1. The van der Waals surface area contributed by atoms with Gasteiger partial charge in [0, 0.05) is 30.8 Å². The van der Waals surface area contributed by atoms with Crippen LogP contribution in [0.5, 0.6) is 0 Å². The number of non-ortho nitro benzene ring substituents is 1. The lowest BCUT2D eigenvalue weighted by Gasteiger charge is -2.40. The molecular formula is C18H18N6O3. The summed E-state index contributed by atoms with van der Waals surface area (Å²) in [6.07, 6.45) is 0.846. The van der Waals surface area contributed by atoms with Gasteiger partial charge in [0.2, 0.25) is 11.6 Å². The first-order valence-corrected chi connectivity index (χ1v) is 8.59. The van der Waals surface area contributed by atoms with Crippen LogP contribution in [0, 0.1) is 10.1 Å². The van der Waals surface area contributed by atoms with Crippen molar-refractivity contribution in [3.8, 4) is 0 Å². The van der Waals surface area contributed by atoms with Crippen molar-refractivity contribution >= 4 is 23.1 Å². The first-order valence-electron chi connectivity index (χ1n) is 8.59. The van der Waals surface area contributed by atoms with Crippen molar-refractivity contribution < 1.29 is 9.72 Å². The number of amidine groups is 1.